The van der Waals surface area contributed by atoms with Gasteiger partial charge in [0.25, 0.3) is 5.91 Å². The molecule has 3 heteroatoms. The molecule has 1 amide bonds. The van der Waals surface area contributed by atoms with Crippen LogP contribution in [-0.2, 0) is 6.42 Å². The van der Waals surface area contributed by atoms with E-state index in [1.165, 1.54) is 5.56 Å². The predicted octanol–water partition coefficient (Wildman–Crippen LogP) is 3.83. The highest BCUT2D eigenvalue weighted by atomic mass is 16.2. The molecule has 0 spiro atoms. The summed E-state index contributed by atoms with van der Waals surface area (Å²) in [4.78, 5) is 19.3. The number of hydrogen-bond donors (Lipinski definition) is 0. The molecule has 0 aliphatic carbocycles. The van der Waals surface area contributed by atoms with Crippen LogP contribution in [0.3, 0.4) is 0 Å². The zero-order chi connectivity index (χ0) is 14.9. The lowest BCUT2D eigenvalue weighted by Crippen LogP contribution is -2.35. The molecule has 0 saturated heterocycles. The molecule has 2 aromatic carbocycles. The molecule has 3 nitrogen and oxygen atoms in total. The van der Waals surface area contributed by atoms with Crippen molar-refractivity contribution >= 4 is 22.5 Å². The Hall–Kier alpha value is -2.68. The number of fused-ring (bicyclic) bond motifs is 2. The van der Waals surface area contributed by atoms with Crippen LogP contribution in [0.5, 0.6) is 0 Å². The number of pyridine rings is 1. The molecule has 0 atom stereocenters. The number of carbonyl (C=O) groups excluding carboxylic acids is 1. The Morgan fingerprint density at radius 2 is 1.77 bits per heavy atom. The fourth-order valence-corrected chi connectivity index (χ4v) is 3.07. The highest BCUT2D eigenvalue weighted by Gasteiger charge is 2.24. The molecule has 108 valence electrons. The molecule has 1 aliphatic rings. The summed E-state index contributed by atoms with van der Waals surface area (Å²) in [6, 6.07) is 19.8. The van der Waals surface area contributed by atoms with Crippen molar-refractivity contribution in [3.8, 4) is 0 Å². The second-order valence-electron chi connectivity index (χ2n) is 5.58. The maximum Gasteiger partial charge on any atom is 0.276 e. The van der Waals surface area contributed by atoms with Gasteiger partial charge in [0.2, 0.25) is 0 Å². The molecule has 22 heavy (non-hydrogen) atoms. The van der Waals surface area contributed by atoms with Crippen LogP contribution in [0.1, 0.15) is 22.5 Å². The molecule has 0 fully saturated rings. The number of amides is 1. The van der Waals surface area contributed by atoms with Crippen LogP contribution in [-0.4, -0.2) is 17.4 Å². The van der Waals surface area contributed by atoms with Crippen LogP contribution >= 0.6 is 0 Å². The fraction of sp³-hybridized carbons (Fsp3) is 0.158. The summed E-state index contributed by atoms with van der Waals surface area (Å²) in [6.07, 6.45) is 2.03. The van der Waals surface area contributed by atoms with Crippen LogP contribution in [0.25, 0.3) is 10.9 Å². The lowest BCUT2D eigenvalue weighted by atomic mass is 10.0. The molecule has 0 radical (unpaired) electrons. The zero-order valence-corrected chi connectivity index (χ0v) is 12.2. The van der Waals surface area contributed by atoms with Gasteiger partial charge in [-0.25, -0.2) is 4.98 Å². The summed E-state index contributed by atoms with van der Waals surface area (Å²) in [5, 5.41) is 1.05. The largest absolute Gasteiger partial charge is 0.307 e. The van der Waals surface area contributed by atoms with E-state index in [0.717, 1.165) is 36.0 Å². The third-order valence-electron chi connectivity index (χ3n) is 4.17. The van der Waals surface area contributed by atoms with E-state index in [9.17, 15) is 4.79 Å². The molecule has 0 bridgehead atoms. The molecule has 3 aromatic rings. The smallest absolute Gasteiger partial charge is 0.276 e. The van der Waals surface area contributed by atoms with Gasteiger partial charge in [-0.15, -0.1) is 0 Å². The van der Waals surface area contributed by atoms with E-state index in [-0.39, 0.29) is 5.91 Å². The summed E-state index contributed by atoms with van der Waals surface area (Å²) < 4.78 is 0. The van der Waals surface area contributed by atoms with Crippen molar-refractivity contribution in [3.63, 3.8) is 0 Å². The van der Waals surface area contributed by atoms with Gasteiger partial charge in [0.05, 0.1) is 5.52 Å². The molecule has 0 saturated carbocycles. The van der Waals surface area contributed by atoms with Gasteiger partial charge in [0, 0.05) is 17.6 Å². The SMILES string of the molecule is O=C(c1ccc2ccccc2n1)N1CCCc2ccccc21. The summed E-state index contributed by atoms with van der Waals surface area (Å²) in [5.74, 6) is -0.0158. The van der Waals surface area contributed by atoms with Gasteiger partial charge in [-0.1, -0.05) is 42.5 Å². The molecule has 1 aromatic heterocycles. The Morgan fingerprint density at radius 3 is 2.73 bits per heavy atom. The van der Waals surface area contributed by atoms with Crippen molar-refractivity contribution in [1.29, 1.82) is 0 Å². The van der Waals surface area contributed by atoms with Gasteiger partial charge in [0.1, 0.15) is 5.69 Å². The average molecular weight is 288 g/mol. The van der Waals surface area contributed by atoms with E-state index in [1.54, 1.807) is 0 Å². The molecule has 4 rings (SSSR count). The number of carbonyl (C=O) groups is 1. The van der Waals surface area contributed by atoms with E-state index in [2.05, 4.69) is 11.1 Å². The minimum atomic E-state index is -0.0158. The molecule has 1 aliphatic heterocycles. The van der Waals surface area contributed by atoms with E-state index in [1.807, 2.05) is 59.5 Å². The Bertz CT molecular complexity index is 857. The number of nitrogens with zero attached hydrogens (tertiary/aromatic N) is 2. The first-order chi connectivity index (χ1) is 10.8. The van der Waals surface area contributed by atoms with E-state index < -0.39 is 0 Å². The number of hydrogen-bond acceptors (Lipinski definition) is 2. The first-order valence-corrected chi connectivity index (χ1v) is 7.58. The van der Waals surface area contributed by atoms with E-state index >= 15 is 0 Å². The number of rotatable bonds is 1. The van der Waals surface area contributed by atoms with Crippen molar-refractivity contribution in [2.75, 3.05) is 11.4 Å². The van der Waals surface area contributed by atoms with Crippen molar-refractivity contribution in [3.05, 3.63) is 71.9 Å². The standard InChI is InChI=1S/C19H16N2O/c22-19(17-12-11-14-6-1-3-9-16(14)20-17)21-13-5-8-15-7-2-4-10-18(15)21/h1-4,6-7,9-12H,5,8,13H2. The number of anilines is 1. The molecular weight excluding hydrogens is 272 g/mol. The second-order valence-corrected chi connectivity index (χ2v) is 5.58. The van der Waals surface area contributed by atoms with Gasteiger partial charge >= 0.3 is 0 Å². The van der Waals surface area contributed by atoms with Crippen LogP contribution in [0.4, 0.5) is 5.69 Å². The number of benzene rings is 2. The lowest BCUT2D eigenvalue weighted by Gasteiger charge is -2.29. The molecule has 2 heterocycles. The Labute approximate surface area is 129 Å². The van der Waals surface area contributed by atoms with Crippen molar-refractivity contribution in [2.24, 2.45) is 0 Å². The van der Waals surface area contributed by atoms with Crippen molar-refractivity contribution in [2.45, 2.75) is 12.8 Å². The average Bonchev–Trinajstić information content (AvgIpc) is 2.60. The van der Waals surface area contributed by atoms with Crippen molar-refractivity contribution in [1.82, 2.24) is 4.98 Å². The topological polar surface area (TPSA) is 33.2 Å². The maximum atomic E-state index is 12.9. The van der Waals surface area contributed by atoms with Gasteiger partial charge in [0.15, 0.2) is 0 Å². The van der Waals surface area contributed by atoms with Gasteiger partial charge in [-0.05, 0) is 36.6 Å². The summed E-state index contributed by atoms with van der Waals surface area (Å²) >= 11 is 0. The molecular formula is C19H16N2O. The number of para-hydroxylation sites is 2. The Kier molecular flexibility index (Phi) is 3.11. The zero-order valence-electron chi connectivity index (χ0n) is 12.2. The fourth-order valence-electron chi connectivity index (χ4n) is 3.07. The summed E-state index contributed by atoms with van der Waals surface area (Å²) in [6.45, 7) is 0.754. The van der Waals surface area contributed by atoms with Gasteiger partial charge in [-0.2, -0.15) is 0 Å². The van der Waals surface area contributed by atoms with Crippen LogP contribution in [0, 0.1) is 0 Å². The van der Waals surface area contributed by atoms with Gasteiger partial charge < -0.3 is 4.90 Å². The summed E-state index contributed by atoms with van der Waals surface area (Å²) in [7, 11) is 0. The van der Waals surface area contributed by atoms with E-state index in [0.29, 0.717) is 5.69 Å². The van der Waals surface area contributed by atoms with Crippen LogP contribution < -0.4 is 4.90 Å². The Morgan fingerprint density at radius 1 is 0.955 bits per heavy atom. The molecule has 0 unspecified atom stereocenters. The van der Waals surface area contributed by atoms with Gasteiger partial charge in [-0.3, -0.25) is 4.79 Å². The molecule has 0 N–H and O–H groups in total. The third kappa shape index (κ3) is 2.15. The predicted molar refractivity (Wildman–Crippen MR) is 88.2 cm³/mol. The third-order valence-corrected chi connectivity index (χ3v) is 4.17. The van der Waals surface area contributed by atoms with Crippen LogP contribution in [0.2, 0.25) is 0 Å². The first-order valence-electron chi connectivity index (χ1n) is 7.58. The number of aromatic nitrogens is 1. The minimum Gasteiger partial charge on any atom is -0.307 e. The highest BCUT2D eigenvalue weighted by molar-refractivity contribution is 6.06. The first kappa shape index (κ1) is 13.0. The van der Waals surface area contributed by atoms with Crippen LogP contribution in [0.15, 0.2) is 60.7 Å². The minimum absolute atomic E-state index is 0.0158. The second kappa shape index (κ2) is 5.26. The highest BCUT2D eigenvalue weighted by Crippen LogP contribution is 2.28. The Balaban J connectivity index is 1.75. The summed E-state index contributed by atoms with van der Waals surface area (Å²) in [5.41, 5.74) is 3.63. The quantitative estimate of drug-likeness (QED) is 0.682. The normalized spacial score (nSPS) is 13.9. The lowest BCUT2D eigenvalue weighted by molar-refractivity contribution is 0.0980. The number of aryl methyl sites for hydroxylation is 1. The van der Waals surface area contributed by atoms with E-state index in [4.69, 9.17) is 0 Å². The maximum absolute atomic E-state index is 12.9. The monoisotopic (exact) mass is 288 g/mol. The van der Waals surface area contributed by atoms with Crippen molar-refractivity contribution < 1.29 is 4.79 Å².